The Morgan fingerprint density at radius 3 is 2.58 bits per heavy atom. The molecule has 2 aliphatic rings. The molecule has 1 aromatic carbocycles. The third kappa shape index (κ3) is 3.09. The lowest BCUT2D eigenvalue weighted by Gasteiger charge is -2.34. The zero-order valence-corrected chi connectivity index (χ0v) is 15.1. The molecule has 0 spiro atoms. The van der Waals surface area contributed by atoms with Crippen LogP contribution < -0.4 is 5.73 Å². The molecule has 3 heterocycles. The van der Waals surface area contributed by atoms with E-state index in [1.54, 1.807) is 0 Å². The number of ether oxygens (including phenoxy) is 1. The molecule has 6 heteroatoms. The van der Waals surface area contributed by atoms with Gasteiger partial charge < -0.3 is 19.9 Å². The zero-order chi connectivity index (χ0) is 18.3. The van der Waals surface area contributed by atoms with Crippen LogP contribution in [-0.2, 0) is 16.6 Å². The summed E-state index contributed by atoms with van der Waals surface area (Å²) < 4.78 is 7.85. The Balaban J connectivity index is 1.38. The highest BCUT2D eigenvalue weighted by molar-refractivity contribution is 5.98. The predicted octanol–water partition coefficient (Wildman–Crippen LogP) is 2.06. The summed E-state index contributed by atoms with van der Waals surface area (Å²) in [4.78, 5) is 26.1. The quantitative estimate of drug-likeness (QED) is 0.915. The van der Waals surface area contributed by atoms with E-state index in [0.29, 0.717) is 5.92 Å². The summed E-state index contributed by atoms with van der Waals surface area (Å²) >= 11 is 0. The molecule has 6 nitrogen and oxygen atoms in total. The molecule has 2 fully saturated rings. The van der Waals surface area contributed by atoms with E-state index in [2.05, 4.69) is 6.07 Å². The molecule has 2 saturated heterocycles. The summed E-state index contributed by atoms with van der Waals surface area (Å²) in [5, 5.41) is 1.14. The third-order valence-corrected chi connectivity index (χ3v) is 5.86. The van der Waals surface area contributed by atoms with Crippen LogP contribution in [0.25, 0.3) is 10.9 Å². The second-order valence-corrected chi connectivity index (χ2v) is 7.47. The van der Waals surface area contributed by atoms with Crippen LogP contribution in [-0.4, -0.2) is 46.6 Å². The number of piperidine rings is 1. The molecule has 26 heavy (non-hydrogen) atoms. The Morgan fingerprint density at radius 2 is 1.88 bits per heavy atom. The summed E-state index contributed by atoms with van der Waals surface area (Å²) in [5.74, 6) is 0.129. The lowest BCUT2D eigenvalue weighted by Crippen LogP contribution is -2.41. The number of primary amides is 1. The van der Waals surface area contributed by atoms with E-state index in [9.17, 15) is 9.59 Å². The van der Waals surface area contributed by atoms with Crippen molar-refractivity contribution >= 4 is 22.7 Å². The Kier molecular flexibility index (Phi) is 4.44. The fraction of sp³-hybridized carbons (Fsp3) is 0.500. The van der Waals surface area contributed by atoms with Crippen LogP contribution in [0.5, 0.6) is 0 Å². The number of fused-ring (bicyclic) bond motifs is 1. The second kappa shape index (κ2) is 6.76. The number of hydrogen-bond donors (Lipinski definition) is 1. The fourth-order valence-corrected chi connectivity index (χ4v) is 4.27. The monoisotopic (exact) mass is 355 g/mol. The van der Waals surface area contributed by atoms with Crippen LogP contribution in [0.4, 0.5) is 0 Å². The first-order chi connectivity index (χ1) is 12.5. The van der Waals surface area contributed by atoms with Crippen molar-refractivity contribution in [3.05, 3.63) is 36.0 Å². The molecule has 2 aromatic rings. The predicted molar refractivity (Wildman–Crippen MR) is 98.6 cm³/mol. The summed E-state index contributed by atoms with van der Waals surface area (Å²) in [7, 11) is 1.99. The van der Waals surface area contributed by atoms with E-state index in [1.807, 2.05) is 40.9 Å². The van der Waals surface area contributed by atoms with Gasteiger partial charge in [0.15, 0.2) is 0 Å². The number of carbonyl (C=O) groups is 2. The van der Waals surface area contributed by atoms with Gasteiger partial charge >= 0.3 is 0 Å². The van der Waals surface area contributed by atoms with Gasteiger partial charge in [-0.15, -0.1) is 0 Å². The number of amides is 2. The number of carbonyl (C=O) groups excluding carboxylic acids is 2. The smallest absolute Gasteiger partial charge is 0.253 e. The minimum absolute atomic E-state index is 0.0916. The maximum absolute atomic E-state index is 12.9. The average Bonchev–Trinajstić information content (AvgIpc) is 3.29. The molecular formula is C20H25N3O3. The maximum atomic E-state index is 12.9. The summed E-state index contributed by atoms with van der Waals surface area (Å²) in [6.45, 7) is 1.46. The van der Waals surface area contributed by atoms with Gasteiger partial charge in [0, 0.05) is 37.4 Å². The van der Waals surface area contributed by atoms with Crippen molar-refractivity contribution in [2.75, 3.05) is 13.1 Å². The zero-order valence-electron chi connectivity index (χ0n) is 15.1. The van der Waals surface area contributed by atoms with Crippen LogP contribution in [0, 0.1) is 5.92 Å². The third-order valence-electron chi connectivity index (χ3n) is 5.86. The lowest BCUT2D eigenvalue weighted by molar-refractivity contribution is -0.130. The van der Waals surface area contributed by atoms with Gasteiger partial charge in [-0.3, -0.25) is 9.59 Å². The Morgan fingerprint density at radius 1 is 1.12 bits per heavy atom. The van der Waals surface area contributed by atoms with Gasteiger partial charge in [0.2, 0.25) is 5.91 Å². The Hall–Kier alpha value is -2.34. The second-order valence-electron chi connectivity index (χ2n) is 7.47. The number of likely N-dealkylation sites (tertiary alicyclic amines) is 1. The fourth-order valence-electron chi connectivity index (χ4n) is 4.27. The van der Waals surface area contributed by atoms with Gasteiger partial charge in [-0.05, 0) is 55.2 Å². The van der Waals surface area contributed by atoms with Crippen molar-refractivity contribution in [3.8, 4) is 0 Å². The van der Waals surface area contributed by atoms with Crippen molar-refractivity contribution in [1.82, 2.24) is 9.47 Å². The van der Waals surface area contributed by atoms with Crippen LogP contribution in [0.15, 0.2) is 30.5 Å². The standard InChI is InChI=1S/C20H25N3O3/c1-22-9-6-13-2-3-15(12-16(13)22)20(25)23-10-7-14(8-11-23)17-4-5-18(26-17)19(21)24/h2-3,6,9,12,14,17-18H,4-5,7-8,10-11H2,1H3,(H2,21,24)/t17-,18+/m0/s1. The SMILES string of the molecule is Cn1ccc2ccc(C(=O)N3CCC([C@@H]4CC[C@H](C(N)=O)O4)CC3)cc21. The van der Waals surface area contributed by atoms with E-state index in [4.69, 9.17) is 10.5 Å². The van der Waals surface area contributed by atoms with Gasteiger partial charge in [0.1, 0.15) is 6.10 Å². The Bertz CT molecular complexity index is 836. The van der Waals surface area contributed by atoms with Gasteiger partial charge in [0.05, 0.1) is 6.10 Å². The summed E-state index contributed by atoms with van der Waals surface area (Å²) in [6.07, 6.45) is 5.10. The number of nitrogens with two attached hydrogens (primary N) is 1. The Labute approximate surface area is 152 Å². The minimum Gasteiger partial charge on any atom is -0.367 e. The highest BCUT2D eigenvalue weighted by Crippen LogP contribution is 2.32. The van der Waals surface area contributed by atoms with Crippen LogP contribution in [0.1, 0.15) is 36.0 Å². The van der Waals surface area contributed by atoms with Gasteiger partial charge in [0.25, 0.3) is 5.91 Å². The van der Waals surface area contributed by atoms with Gasteiger partial charge in [-0.2, -0.15) is 0 Å². The van der Waals surface area contributed by atoms with Crippen molar-refractivity contribution < 1.29 is 14.3 Å². The van der Waals surface area contributed by atoms with Crippen molar-refractivity contribution in [1.29, 1.82) is 0 Å². The molecule has 0 unspecified atom stereocenters. The summed E-state index contributed by atoms with van der Waals surface area (Å²) in [5.41, 5.74) is 7.15. The van der Waals surface area contributed by atoms with E-state index in [-0.39, 0.29) is 17.9 Å². The van der Waals surface area contributed by atoms with E-state index < -0.39 is 6.10 Å². The average molecular weight is 355 g/mol. The van der Waals surface area contributed by atoms with Gasteiger partial charge in [-0.25, -0.2) is 0 Å². The molecule has 2 amide bonds. The van der Waals surface area contributed by atoms with Crippen molar-refractivity contribution in [2.24, 2.45) is 18.7 Å². The molecule has 2 atom stereocenters. The number of aryl methyl sites for hydroxylation is 1. The minimum atomic E-state index is -0.434. The largest absolute Gasteiger partial charge is 0.367 e. The number of nitrogens with zero attached hydrogens (tertiary/aromatic N) is 2. The first-order valence-corrected chi connectivity index (χ1v) is 9.32. The molecular weight excluding hydrogens is 330 g/mol. The van der Waals surface area contributed by atoms with Gasteiger partial charge in [-0.1, -0.05) is 6.07 Å². The first kappa shape index (κ1) is 17.1. The molecule has 1 aromatic heterocycles. The molecule has 4 rings (SSSR count). The topological polar surface area (TPSA) is 77.6 Å². The summed E-state index contributed by atoms with van der Waals surface area (Å²) in [6, 6.07) is 7.94. The first-order valence-electron chi connectivity index (χ1n) is 9.32. The van der Waals surface area contributed by atoms with Crippen LogP contribution >= 0.6 is 0 Å². The number of hydrogen-bond acceptors (Lipinski definition) is 3. The van der Waals surface area contributed by atoms with Crippen molar-refractivity contribution in [3.63, 3.8) is 0 Å². The molecule has 0 radical (unpaired) electrons. The van der Waals surface area contributed by atoms with Crippen molar-refractivity contribution in [2.45, 2.75) is 37.9 Å². The normalized spacial score (nSPS) is 24.3. The van der Waals surface area contributed by atoms with E-state index >= 15 is 0 Å². The number of aromatic nitrogens is 1. The highest BCUT2D eigenvalue weighted by Gasteiger charge is 2.36. The molecule has 138 valence electrons. The molecule has 0 aliphatic carbocycles. The van der Waals surface area contributed by atoms with E-state index in [0.717, 1.165) is 55.2 Å². The molecule has 0 saturated carbocycles. The van der Waals surface area contributed by atoms with Crippen LogP contribution in [0.2, 0.25) is 0 Å². The number of benzene rings is 1. The molecule has 2 aliphatic heterocycles. The lowest BCUT2D eigenvalue weighted by atomic mass is 9.89. The van der Waals surface area contributed by atoms with E-state index in [1.165, 1.54) is 0 Å². The molecule has 2 N–H and O–H groups in total. The maximum Gasteiger partial charge on any atom is 0.253 e. The number of rotatable bonds is 3. The molecule has 0 bridgehead atoms. The highest BCUT2D eigenvalue weighted by atomic mass is 16.5. The van der Waals surface area contributed by atoms with Crippen LogP contribution in [0.3, 0.4) is 0 Å².